The molecular weight excluding hydrogens is 330 g/mol. The SMILES string of the molecule is C=Cc1ccc2cc(OCCCNC(=O)CS(=O)(=O)O)ccc2c1. The molecular formula is C17H19NO5S. The lowest BCUT2D eigenvalue weighted by molar-refractivity contribution is -0.118. The lowest BCUT2D eigenvalue weighted by Gasteiger charge is -2.08. The van der Waals surface area contributed by atoms with Gasteiger partial charge in [0.25, 0.3) is 10.1 Å². The number of hydrogen-bond acceptors (Lipinski definition) is 4. The van der Waals surface area contributed by atoms with Crippen LogP contribution in [-0.2, 0) is 14.9 Å². The van der Waals surface area contributed by atoms with Gasteiger partial charge in [-0.05, 0) is 41.0 Å². The van der Waals surface area contributed by atoms with Gasteiger partial charge in [0.05, 0.1) is 6.61 Å². The maximum absolute atomic E-state index is 11.2. The maximum atomic E-state index is 11.2. The number of carbonyl (C=O) groups is 1. The minimum Gasteiger partial charge on any atom is -0.494 e. The maximum Gasteiger partial charge on any atom is 0.274 e. The monoisotopic (exact) mass is 349 g/mol. The Hall–Kier alpha value is -2.38. The summed E-state index contributed by atoms with van der Waals surface area (Å²) in [6, 6.07) is 11.8. The number of benzene rings is 2. The predicted octanol–water partition coefficient (Wildman–Crippen LogP) is 2.26. The fourth-order valence-electron chi connectivity index (χ4n) is 2.17. The van der Waals surface area contributed by atoms with Gasteiger partial charge < -0.3 is 10.1 Å². The molecule has 0 spiro atoms. The second-order valence-corrected chi connectivity index (χ2v) is 6.70. The largest absolute Gasteiger partial charge is 0.494 e. The Balaban J connectivity index is 1.79. The fraction of sp³-hybridized carbons (Fsp3) is 0.235. The molecule has 24 heavy (non-hydrogen) atoms. The molecule has 0 aliphatic carbocycles. The van der Waals surface area contributed by atoms with E-state index in [-0.39, 0.29) is 6.54 Å². The van der Waals surface area contributed by atoms with Crippen LogP contribution in [0, 0.1) is 0 Å². The first-order valence-corrected chi connectivity index (χ1v) is 8.99. The lowest BCUT2D eigenvalue weighted by Crippen LogP contribution is -2.31. The zero-order chi connectivity index (χ0) is 17.6. The number of rotatable bonds is 8. The minimum atomic E-state index is -4.28. The average molecular weight is 349 g/mol. The summed E-state index contributed by atoms with van der Waals surface area (Å²) in [6.07, 6.45) is 2.31. The van der Waals surface area contributed by atoms with Crippen LogP contribution in [0.2, 0.25) is 0 Å². The van der Waals surface area contributed by atoms with Gasteiger partial charge in [-0.3, -0.25) is 9.35 Å². The molecule has 1 amide bonds. The molecule has 2 aromatic carbocycles. The van der Waals surface area contributed by atoms with E-state index in [4.69, 9.17) is 9.29 Å². The minimum absolute atomic E-state index is 0.268. The normalized spacial score (nSPS) is 11.2. The first-order valence-electron chi connectivity index (χ1n) is 7.38. The highest BCUT2D eigenvalue weighted by Crippen LogP contribution is 2.22. The van der Waals surface area contributed by atoms with E-state index in [2.05, 4.69) is 11.9 Å². The first kappa shape index (κ1) is 18.0. The van der Waals surface area contributed by atoms with E-state index in [9.17, 15) is 13.2 Å². The molecule has 0 aliphatic rings. The van der Waals surface area contributed by atoms with Crippen molar-refractivity contribution in [1.29, 1.82) is 0 Å². The Morgan fingerprint density at radius 1 is 1.21 bits per heavy atom. The lowest BCUT2D eigenvalue weighted by atomic mass is 10.1. The second kappa shape index (κ2) is 7.94. The molecule has 2 aromatic rings. The molecule has 2 N–H and O–H groups in total. The van der Waals surface area contributed by atoms with Crippen molar-refractivity contribution >= 4 is 32.9 Å². The van der Waals surface area contributed by atoms with Gasteiger partial charge in [0.15, 0.2) is 5.75 Å². The second-order valence-electron chi connectivity index (χ2n) is 5.25. The molecule has 0 saturated heterocycles. The molecule has 0 radical (unpaired) electrons. The van der Waals surface area contributed by atoms with Gasteiger partial charge in [-0.15, -0.1) is 0 Å². The van der Waals surface area contributed by atoms with Gasteiger partial charge in [-0.2, -0.15) is 8.42 Å². The third-order valence-corrected chi connectivity index (χ3v) is 3.92. The summed E-state index contributed by atoms with van der Waals surface area (Å²) in [7, 11) is -4.28. The molecule has 128 valence electrons. The van der Waals surface area contributed by atoms with Gasteiger partial charge in [0.1, 0.15) is 5.75 Å². The van der Waals surface area contributed by atoms with E-state index in [0.717, 1.165) is 22.1 Å². The van der Waals surface area contributed by atoms with E-state index < -0.39 is 21.8 Å². The van der Waals surface area contributed by atoms with Gasteiger partial charge in [0.2, 0.25) is 5.91 Å². The Kier molecular flexibility index (Phi) is 5.94. The summed E-state index contributed by atoms with van der Waals surface area (Å²) in [4.78, 5) is 11.2. The van der Waals surface area contributed by atoms with E-state index in [1.54, 1.807) is 6.08 Å². The Labute approximate surface area is 140 Å². The summed E-state index contributed by atoms with van der Waals surface area (Å²) in [5, 5.41) is 4.55. The predicted molar refractivity (Wildman–Crippen MR) is 93.6 cm³/mol. The van der Waals surface area contributed by atoms with Gasteiger partial charge >= 0.3 is 0 Å². The molecule has 0 atom stereocenters. The summed E-state index contributed by atoms with van der Waals surface area (Å²) in [6.45, 7) is 4.39. The number of nitrogens with one attached hydrogen (secondary N) is 1. The van der Waals surface area contributed by atoms with E-state index in [0.29, 0.717) is 13.0 Å². The average Bonchev–Trinajstić information content (AvgIpc) is 2.52. The summed E-state index contributed by atoms with van der Waals surface area (Å²) in [5.74, 6) is -0.940. The molecule has 0 fully saturated rings. The molecule has 0 aromatic heterocycles. The summed E-state index contributed by atoms with van der Waals surface area (Å²) in [5.41, 5.74) is 1.05. The molecule has 7 heteroatoms. The highest BCUT2D eigenvalue weighted by atomic mass is 32.2. The molecule has 0 unspecified atom stereocenters. The van der Waals surface area contributed by atoms with Crippen LogP contribution in [0.15, 0.2) is 43.0 Å². The smallest absolute Gasteiger partial charge is 0.274 e. The quantitative estimate of drug-likeness (QED) is 0.563. The third kappa shape index (κ3) is 5.68. The number of hydrogen-bond donors (Lipinski definition) is 2. The molecule has 0 bridgehead atoms. The fourth-order valence-corrected chi connectivity index (χ4v) is 2.60. The van der Waals surface area contributed by atoms with Crippen molar-refractivity contribution in [2.24, 2.45) is 0 Å². The topological polar surface area (TPSA) is 92.7 Å². The van der Waals surface area contributed by atoms with Crippen molar-refractivity contribution in [2.45, 2.75) is 6.42 Å². The van der Waals surface area contributed by atoms with Crippen LogP contribution in [0.25, 0.3) is 16.8 Å². The van der Waals surface area contributed by atoms with E-state index >= 15 is 0 Å². The standard InChI is InChI=1S/C17H19NO5S/c1-2-13-4-5-15-11-16(7-6-14(15)10-13)23-9-3-8-18-17(19)12-24(20,21)22/h2,4-7,10-11H,1,3,8-9,12H2,(H,18,19)(H,20,21,22). The highest BCUT2D eigenvalue weighted by Gasteiger charge is 2.11. The number of carbonyl (C=O) groups excluding carboxylic acids is 1. The zero-order valence-electron chi connectivity index (χ0n) is 13.1. The van der Waals surface area contributed by atoms with Crippen LogP contribution < -0.4 is 10.1 Å². The van der Waals surface area contributed by atoms with Gasteiger partial charge in [-0.1, -0.05) is 30.9 Å². The van der Waals surface area contributed by atoms with Crippen LogP contribution in [-0.4, -0.2) is 37.8 Å². The summed E-state index contributed by atoms with van der Waals surface area (Å²) < 4.78 is 35.2. The Morgan fingerprint density at radius 3 is 2.62 bits per heavy atom. The highest BCUT2D eigenvalue weighted by molar-refractivity contribution is 7.86. The van der Waals surface area contributed by atoms with Crippen molar-refractivity contribution in [1.82, 2.24) is 5.32 Å². The molecule has 6 nitrogen and oxygen atoms in total. The molecule has 0 heterocycles. The number of fused-ring (bicyclic) bond motifs is 1. The van der Waals surface area contributed by atoms with Crippen LogP contribution >= 0.6 is 0 Å². The van der Waals surface area contributed by atoms with E-state index in [1.807, 2.05) is 36.4 Å². The van der Waals surface area contributed by atoms with Crippen molar-refractivity contribution < 1.29 is 22.5 Å². The first-order chi connectivity index (χ1) is 11.4. The van der Waals surface area contributed by atoms with Crippen molar-refractivity contribution in [2.75, 3.05) is 18.9 Å². The zero-order valence-corrected chi connectivity index (χ0v) is 13.9. The van der Waals surface area contributed by atoms with Gasteiger partial charge in [0, 0.05) is 6.54 Å². The van der Waals surface area contributed by atoms with Crippen LogP contribution in [0.4, 0.5) is 0 Å². The summed E-state index contributed by atoms with van der Waals surface area (Å²) >= 11 is 0. The van der Waals surface area contributed by atoms with Crippen LogP contribution in [0.3, 0.4) is 0 Å². The van der Waals surface area contributed by atoms with E-state index in [1.165, 1.54) is 0 Å². The van der Waals surface area contributed by atoms with Crippen LogP contribution in [0.1, 0.15) is 12.0 Å². The molecule has 2 rings (SSSR count). The Morgan fingerprint density at radius 2 is 1.92 bits per heavy atom. The van der Waals surface area contributed by atoms with Gasteiger partial charge in [-0.25, -0.2) is 0 Å². The number of amides is 1. The van der Waals surface area contributed by atoms with Crippen LogP contribution in [0.5, 0.6) is 5.75 Å². The number of ether oxygens (including phenoxy) is 1. The van der Waals surface area contributed by atoms with Crippen molar-refractivity contribution in [3.05, 3.63) is 48.5 Å². The molecule has 0 saturated carbocycles. The van der Waals surface area contributed by atoms with Crippen molar-refractivity contribution in [3.8, 4) is 5.75 Å². The van der Waals surface area contributed by atoms with Crippen molar-refractivity contribution in [3.63, 3.8) is 0 Å². The molecule has 0 aliphatic heterocycles. The third-order valence-electron chi connectivity index (χ3n) is 3.30. The Bertz CT molecular complexity index is 845.